The lowest BCUT2D eigenvalue weighted by molar-refractivity contribution is 0.505. The van der Waals surface area contributed by atoms with Crippen LogP contribution >= 0.6 is 0 Å². The molecule has 0 saturated heterocycles. The Balaban J connectivity index is 1.55. The van der Waals surface area contributed by atoms with E-state index >= 15 is 0 Å². The predicted octanol–water partition coefficient (Wildman–Crippen LogP) is 9.01. The van der Waals surface area contributed by atoms with E-state index in [9.17, 15) is 17.6 Å². The summed E-state index contributed by atoms with van der Waals surface area (Å²) >= 11 is 0. The maximum atomic E-state index is 14.8. The zero-order chi connectivity index (χ0) is 24.2. The maximum absolute atomic E-state index is 14.8. The van der Waals surface area contributed by atoms with E-state index in [1.807, 2.05) is 24.3 Å². The van der Waals surface area contributed by atoms with E-state index in [1.165, 1.54) is 25.1 Å². The van der Waals surface area contributed by atoms with Gasteiger partial charge in [-0.15, -0.1) is 0 Å². The lowest BCUT2D eigenvalue weighted by atomic mass is 9.99. The summed E-state index contributed by atoms with van der Waals surface area (Å²) in [5.74, 6) is -3.56. The van der Waals surface area contributed by atoms with Gasteiger partial charge in [-0.2, -0.15) is 0 Å². The summed E-state index contributed by atoms with van der Waals surface area (Å²) in [6.07, 6.45) is 5.10. The molecule has 4 rings (SSSR count). The van der Waals surface area contributed by atoms with Crippen molar-refractivity contribution in [1.82, 2.24) is 0 Å². The fourth-order valence-corrected chi connectivity index (χ4v) is 3.88. The first-order valence-corrected chi connectivity index (χ1v) is 11.2. The van der Waals surface area contributed by atoms with Gasteiger partial charge in [-0.1, -0.05) is 98.3 Å². The van der Waals surface area contributed by atoms with Crippen LogP contribution in [0.15, 0.2) is 72.8 Å². The van der Waals surface area contributed by atoms with Crippen LogP contribution in [-0.4, -0.2) is 0 Å². The van der Waals surface area contributed by atoms with Gasteiger partial charge in [-0.05, 0) is 41.2 Å². The average Bonchev–Trinajstić information content (AvgIpc) is 2.85. The quantitative estimate of drug-likeness (QED) is 0.199. The third-order valence-corrected chi connectivity index (χ3v) is 5.87. The zero-order valence-electron chi connectivity index (χ0n) is 19.0. The van der Waals surface area contributed by atoms with Crippen molar-refractivity contribution in [2.75, 3.05) is 0 Å². The van der Waals surface area contributed by atoms with Crippen molar-refractivity contribution < 1.29 is 17.6 Å². The highest BCUT2D eigenvalue weighted by molar-refractivity contribution is 5.74. The summed E-state index contributed by atoms with van der Waals surface area (Å²) in [5, 5.41) is 0. The van der Waals surface area contributed by atoms with Crippen molar-refractivity contribution in [2.45, 2.75) is 26.7 Å². The molecule has 172 valence electrons. The Morgan fingerprint density at radius 3 is 1.76 bits per heavy atom. The van der Waals surface area contributed by atoms with Crippen molar-refractivity contribution >= 4 is 12.2 Å². The summed E-state index contributed by atoms with van der Waals surface area (Å²) in [6.45, 7) is 3.60. The van der Waals surface area contributed by atoms with Gasteiger partial charge in [0, 0.05) is 16.7 Å². The second kappa shape index (κ2) is 10.1. The van der Waals surface area contributed by atoms with E-state index < -0.39 is 23.3 Å². The molecule has 0 unspecified atom stereocenters. The van der Waals surface area contributed by atoms with Gasteiger partial charge in [0.05, 0.1) is 0 Å². The van der Waals surface area contributed by atoms with Gasteiger partial charge >= 0.3 is 0 Å². The van der Waals surface area contributed by atoms with E-state index in [1.54, 1.807) is 42.5 Å². The number of rotatable bonds is 6. The number of aryl methyl sites for hydroxylation is 2. The first kappa shape index (κ1) is 23.5. The van der Waals surface area contributed by atoms with E-state index in [0.29, 0.717) is 16.7 Å². The van der Waals surface area contributed by atoms with Crippen LogP contribution in [0.4, 0.5) is 17.6 Å². The summed E-state index contributed by atoms with van der Waals surface area (Å²) in [5.41, 5.74) is 3.79. The molecule has 0 nitrogen and oxygen atoms in total. The van der Waals surface area contributed by atoms with E-state index in [0.717, 1.165) is 18.4 Å². The Labute approximate surface area is 197 Å². The van der Waals surface area contributed by atoms with Crippen molar-refractivity contribution in [3.05, 3.63) is 118 Å². The second-order valence-corrected chi connectivity index (χ2v) is 8.29. The van der Waals surface area contributed by atoms with Crippen molar-refractivity contribution in [1.29, 1.82) is 0 Å². The Kier molecular flexibility index (Phi) is 6.97. The molecule has 0 radical (unpaired) electrons. The van der Waals surface area contributed by atoms with Crippen LogP contribution < -0.4 is 0 Å². The van der Waals surface area contributed by atoms with Gasteiger partial charge in [0.25, 0.3) is 0 Å². The molecule has 0 saturated carbocycles. The molecule has 4 heteroatoms. The Bertz CT molecular complexity index is 1330. The van der Waals surface area contributed by atoms with Crippen LogP contribution in [0.2, 0.25) is 0 Å². The molecular formula is C30H24F4. The summed E-state index contributed by atoms with van der Waals surface area (Å²) < 4.78 is 57.6. The number of benzene rings is 4. The third kappa shape index (κ3) is 4.81. The van der Waals surface area contributed by atoms with Gasteiger partial charge in [0.1, 0.15) is 0 Å². The molecule has 0 N–H and O–H groups in total. The third-order valence-electron chi connectivity index (χ3n) is 5.87. The van der Waals surface area contributed by atoms with Gasteiger partial charge in [0.2, 0.25) is 0 Å². The van der Waals surface area contributed by atoms with Crippen LogP contribution in [0, 0.1) is 30.2 Å². The molecule has 0 aliphatic rings. The molecule has 34 heavy (non-hydrogen) atoms. The van der Waals surface area contributed by atoms with E-state index in [4.69, 9.17) is 0 Å². The summed E-state index contributed by atoms with van der Waals surface area (Å²) in [6, 6.07) is 20.4. The molecule has 0 atom stereocenters. The van der Waals surface area contributed by atoms with Crippen LogP contribution in [-0.2, 0) is 6.42 Å². The van der Waals surface area contributed by atoms with Crippen LogP contribution in [0.3, 0.4) is 0 Å². The van der Waals surface area contributed by atoms with Crippen molar-refractivity contribution in [3.63, 3.8) is 0 Å². The van der Waals surface area contributed by atoms with Crippen LogP contribution in [0.25, 0.3) is 34.4 Å². The Morgan fingerprint density at radius 1 is 0.588 bits per heavy atom. The molecule has 0 heterocycles. The highest BCUT2D eigenvalue weighted by atomic mass is 19.2. The number of hydrogen-bond acceptors (Lipinski definition) is 0. The Hall–Kier alpha value is -3.66. The molecular weight excluding hydrogens is 436 g/mol. The lowest BCUT2D eigenvalue weighted by Crippen LogP contribution is -1.94. The normalized spacial score (nSPS) is 11.4. The number of hydrogen-bond donors (Lipinski definition) is 0. The highest BCUT2D eigenvalue weighted by Crippen LogP contribution is 2.29. The molecule has 0 aliphatic carbocycles. The largest absolute Gasteiger partial charge is 0.203 e. The Morgan fingerprint density at radius 2 is 1.15 bits per heavy atom. The fourth-order valence-electron chi connectivity index (χ4n) is 3.88. The average molecular weight is 461 g/mol. The van der Waals surface area contributed by atoms with Gasteiger partial charge in [-0.3, -0.25) is 0 Å². The molecule has 0 fully saturated rings. The van der Waals surface area contributed by atoms with Gasteiger partial charge in [-0.25, -0.2) is 17.6 Å². The topological polar surface area (TPSA) is 0 Å². The molecule has 4 aromatic carbocycles. The molecule has 0 aliphatic heterocycles. The minimum atomic E-state index is -0.916. The predicted molar refractivity (Wildman–Crippen MR) is 131 cm³/mol. The minimum absolute atomic E-state index is 0.125. The van der Waals surface area contributed by atoms with Crippen molar-refractivity contribution in [2.24, 2.45) is 0 Å². The maximum Gasteiger partial charge on any atom is 0.167 e. The zero-order valence-corrected chi connectivity index (χ0v) is 19.0. The van der Waals surface area contributed by atoms with Gasteiger partial charge in [0.15, 0.2) is 23.3 Å². The molecule has 0 spiro atoms. The van der Waals surface area contributed by atoms with E-state index in [-0.39, 0.29) is 22.3 Å². The van der Waals surface area contributed by atoms with Crippen LogP contribution in [0.5, 0.6) is 0 Å². The first-order chi connectivity index (χ1) is 16.4. The molecule has 4 aromatic rings. The lowest BCUT2D eigenvalue weighted by Gasteiger charge is -2.08. The van der Waals surface area contributed by atoms with Gasteiger partial charge < -0.3 is 0 Å². The molecule has 0 bridgehead atoms. The smallest absolute Gasteiger partial charge is 0.167 e. The standard InChI is InChI=1S/C30H24F4/c1-3-4-20-6-11-23(12-7-20)26-18-16-24(28(32)30(26)34)15-10-21-8-13-22(14-9-21)25-17-5-19(2)27(31)29(25)33/h5-18H,3-4H2,1-2H3/b15-10+. The highest BCUT2D eigenvalue weighted by Gasteiger charge is 2.14. The second-order valence-electron chi connectivity index (χ2n) is 8.29. The monoisotopic (exact) mass is 460 g/mol. The van der Waals surface area contributed by atoms with Crippen LogP contribution in [0.1, 0.15) is 35.6 Å². The minimum Gasteiger partial charge on any atom is -0.203 e. The van der Waals surface area contributed by atoms with E-state index in [2.05, 4.69) is 6.92 Å². The fraction of sp³-hybridized carbons (Fsp3) is 0.133. The number of halogens is 4. The summed E-state index contributed by atoms with van der Waals surface area (Å²) in [4.78, 5) is 0. The SMILES string of the molecule is CCCc1ccc(-c2ccc(/C=C/c3ccc(-c4ccc(C)c(F)c4F)cc3)c(F)c2F)cc1. The first-order valence-electron chi connectivity index (χ1n) is 11.2. The summed E-state index contributed by atoms with van der Waals surface area (Å²) in [7, 11) is 0. The molecule has 0 aromatic heterocycles. The van der Waals surface area contributed by atoms with Crippen molar-refractivity contribution in [3.8, 4) is 22.3 Å². The molecule has 0 amide bonds.